The second-order valence-corrected chi connectivity index (χ2v) is 8.36. The molecule has 2 nitrogen and oxygen atoms in total. The van der Waals surface area contributed by atoms with E-state index in [2.05, 4.69) is 6.08 Å². The summed E-state index contributed by atoms with van der Waals surface area (Å²) in [7, 11) is 5.44. The molecular weight excluding hydrogens is 436 g/mol. The predicted octanol–water partition coefficient (Wildman–Crippen LogP) is 6.92. The Morgan fingerprint density at radius 3 is 2.21 bits per heavy atom. The van der Waals surface area contributed by atoms with Crippen molar-refractivity contribution >= 4 is 7.85 Å². The van der Waals surface area contributed by atoms with E-state index in [9.17, 15) is 13.2 Å². The van der Waals surface area contributed by atoms with Gasteiger partial charge in [-0.25, -0.2) is 13.2 Å². The highest BCUT2D eigenvalue weighted by molar-refractivity contribution is 6.08. The second kappa shape index (κ2) is 11.1. The highest BCUT2D eigenvalue weighted by Gasteiger charge is 2.25. The predicted molar refractivity (Wildman–Crippen MR) is 129 cm³/mol. The lowest BCUT2D eigenvalue weighted by atomic mass is 9.93. The summed E-state index contributed by atoms with van der Waals surface area (Å²) in [6.07, 6.45) is 5.40. The van der Waals surface area contributed by atoms with E-state index in [0.29, 0.717) is 29.9 Å². The first kappa shape index (κ1) is 24.3. The standard InChI is InChI=1S/C28H26BF3O2/c1-2-3-4-5-26-33-16-22(17-34-26)23-12-10-20(14-25(23)30)18-6-8-19(9-7-18)24-13-11-21(15-29)27(31)28(24)32/h2-3,6-14,22,26H,4-5,15-17H2,1H3/b3-2+. The van der Waals surface area contributed by atoms with Crippen molar-refractivity contribution in [3.05, 3.63) is 95.3 Å². The Bertz CT molecular complexity index is 1150. The van der Waals surface area contributed by atoms with Gasteiger partial charge in [0.15, 0.2) is 17.9 Å². The molecule has 174 valence electrons. The van der Waals surface area contributed by atoms with Crippen LogP contribution in [0.3, 0.4) is 0 Å². The van der Waals surface area contributed by atoms with E-state index in [1.807, 2.05) is 19.1 Å². The molecule has 1 aliphatic rings. The fourth-order valence-corrected chi connectivity index (χ4v) is 4.14. The van der Waals surface area contributed by atoms with Crippen molar-refractivity contribution in [2.24, 2.45) is 0 Å². The first-order valence-electron chi connectivity index (χ1n) is 11.4. The molecule has 2 radical (unpaired) electrons. The van der Waals surface area contributed by atoms with E-state index in [1.54, 1.807) is 30.3 Å². The minimum absolute atomic E-state index is 0.0697. The van der Waals surface area contributed by atoms with Crippen LogP contribution in [0.25, 0.3) is 22.3 Å². The number of benzene rings is 3. The summed E-state index contributed by atoms with van der Waals surface area (Å²) in [6.45, 7) is 2.80. The number of halogens is 3. The van der Waals surface area contributed by atoms with E-state index >= 15 is 0 Å². The molecule has 0 aliphatic carbocycles. The van der Waals surface area contributed by atoms with Gasteiger partial charge in [0, 0.05) is 17.9 Å². The zero-order valence-corrected chi connectivity index (χ0v) is 19.1. The van der Waals surface area contributed by atoms with Crippen molar-refractivity contribution in [2.45, 2.75) is 38.3 Å². The molecule has 0 spiro atoms. The average molecular weight is 462 g/mol. The van der Waals surface area contributed by atoms with Gasteiger partial charge in [-0.3, -0.25) is 0 Å². The third-order valence-electron chi connectivity index (χ3n) is 6.12. The van der Waals surface area contributed by atoms with Gasteiger partial charge in [0.05, 0.1) is 21.1 Å². The fraction of sp³-hybridized carbons (Fsp3) is 0.286. The molecule has 0 atom stereocenters. The lowest BCUT2D eigenvalue weighted by molar-refractivity contribution is -0.189. The Kier molecular flexibility index (Phi) is 7.91. The molecule has 0 bridgehead atoms. The maximum Gasteiger partial charge on any atom is 0.166 e. The van der Waals surface area contributed by atoms with Gasteiger partial charge in [-0.15, -0.1) is 0 Å². The SMILES string of the molecule is [B]Cc1ccc(-c2ccc(-c3ccc(C4COC(CC/C=C/C)OC4)c(F)c3)cc2)c(F)c1F. The maximum atomic E-state index is 15.0. The Hall–Kier alpha value is -2.83. The van der Waals surface area contributed by atoms with Crippen LogP contribution in [0.1, 0.15) is 36.8 Å². The van der Waals surface area contributed by atoms with Gasteiger partial charge in [0.25, 0.3) is 0 Å². The summed E-state index contributed by atoms with van der Waals surface area (Å²) in [5.41, 5.74) is 2.84. The van der Waals surface area contributed by atoms with Crippen molar-refractivity contribution < 1.29 is 22.6 Å². The van der Waals surface area contributed by atoms with Crippen LogP contribution >= 0.6 is 0 Å². The van der Waals surface area contributed by atoms with E-state index < -0.39 is 11.6 Å². The first-order valence-corrected chi connectivity index (χ1v) is 11.4. The number of ether oxygens (including phenoxy) is 2. The summed E-state index contributed by atoms with van der Waals surface area (Å²) in [6, 6.07) is 15.0. The van der Waals surface area contributed by atoms with Crippen molar-refractivity contribution in [2.75, 3.05) is 13.2 Å². The molecule has 4 rings (SSSR count). The molecule has 6 heteroatoms. The lowest BCUT2D eigenvalue weighted by Gasteiger charge is -2.29. The minimum atomic E-state index is -0.929. The number of hydrogen-bond donors (Lipinski definition) is 0. The summed E-state index contributed by atoms with van der Waals surface area (Å²) in [4.78, 5) is 0. The molecular formula is C28H26BF3O2. The molecule has 34 heavy (non-hydrogen) atoms. The van der Waals surface area contributed by atoms with Gasteiger partial charge in [-0.1, -0.05) is 67.0 Å². The molecule has 0 aromatic heterocycles. The van der Waals surface area contributed by atoms with E-state index in [4.69, 9.17) is 17.3 Å². The van der Waals surface area contributed by atoms with Crippen LogP contribution in [0, 0.1) is 17.5 Å². The normalized spacial score (nSPS) is 18.5. The summed E-state index contributed by atoms with van der Waals surface area (Å²) >= 11 is 0. The van der Waals surface area contributed by atoms with Crippen molar-refractivity contribution in [3.63, 3.8) is 0 Å². The monoisotopic (exact) mass is 462 g/mol. The van der Waals surface area contributed by atoms with Crippen molar-refractivity contribution in [3.8, 4) is 22.3 Å². The van der Waals surface area contributed by atoms with Crippen LogP contribution in [0.4, 0.5) is 13.2 Å². The first-order chi connectivity index (χ1) is 16.5. The highest BCUT2D eigenvalue weighted by Crippen LogP contribution is 2.32. The fourth-order valence-electron chi connectivity index (χ4n) is 4.14. The third kappa shape index (κ3) is 5.29. The van der Waals surface area contributed by atoms with E-state index in [-0.39, 0.29) is 35.5 Å². The lowest BCUT2D eigenvalue weighted by Crippen LogP contribution is -2.31. The van der Waals surface area contributed by atoms with Crippen LogP contribution < -0.4 is 0 Å². The Labute approximate surface area is 199 Å². The topological polar surface area (TPSA) is 18.5 Å². The van der Waals surface area contributed by atoms with Gasteiger partial charge < -0.3 is 9.47 Å². The van der Waals surface area contributed by atoms with Crippen LogP contribution in [-0.2, 0) is 15.8 Å². The van der Waals surface area contributed by atoms with Gasteiger partial charge in [-0.05, 0) is 47.2 Å². The number of rotatable bonds is 7. The van der Waals surface area contributed by atoms with Gasteiger partial charge >= 0.3 is 0 Å². The molecule has 0 N–H and O–H groups in total. The van der Waals surface area contributed by atoms with Crippen LogP contribution in [-0.4, -0.2) is 27.4 Å². The summed E-state index contributed by atoms with van der Waals surface area (Å²) in [5, 5.41) is 0. The zero-order valence-electron chi connectivity index (χ0n) is 19.1. The average Bonchev–Trinajstić information content (AvgIpc) is 2.86. The molecule has 3 aromatic carbocycles. The quantitative estimate of drug-likeness (QED) is 0.280. The zero-order chi connectivity index (χ0) is 24.1. The van der Waals surface area contributed by atoms with Crippen molar-refractivity contribution in [1.82, 2.24) is 0 Å². The summed E-state index contributed by atoms with van der Waals surface area (Å²) < 4.78 is 55.0. The van der Waals surface area contributed by atoms with Crippen molar-refractivity contribution in [1.29, 1.82) is 0 Å². The Morgan fingerprint density at radius 2 is 1.56 bits per heavy atom. The smallest absolute Gasteiger partial charge is 0.166 e. The van der Waals surface area contributed by atoms with Crippen LogP contribution in [0.15, 0.2) is 66.7 Å². The molecule has 3 aromatic rings. The van der Waals surface area contributed by atoms with E-state index in [1.165, 1.54) is 18.2 Å². The van der Waals surface area contributed by atoms with Crippen LogP contribution in [0.2, 0.25) is 0 Å². The van der Waals surface area contributed by atoms with Gasteiger partial charge in [0.2, 0.25) is 0 Å². The third-order valence-corrected chi connectivity index (χ3v) is 6.12. The molecule has 0 amide bonds. The molecule has 1 saturated heterocycles. The van der Waals surface area contributed by atoms with E-state index in [0.717, 1.165) is 18.4 Å². The Morgan fingerprint density at radius 1 is 0.882 bits per heavy atom. The largest absolute Gasteiger partial charge is 0.352 e. The summed E-state index contributed by atoms with van der Waals surface area (Å²) in [5.74, 6) is -2.34. The molecule has 0 saturated carbocycles. The Balaban J connectivity index is 1.46. The highest BCUT2D eigenvalue weighted by atomic mass is 19.2. The molecule has 0 unspecified atom stereocenters. The molecule has 1 heterocycles. The number of hydrogen-bond acceptors (Lipinski definition) is 2. The van der Waals surface area contributed by atoms with Crippen LogP contribution in [0.5, 0.6) is 0 Å². The maximum absolute atomic E-state index is 15.0. The second-order valence-electron chi connectivity index (χ2n) is 8.36. The number of allylic oxidation sites excluding steroid dienone is 2. The van der Waals surface area contributed by atoms with Gasteiger partial charge in [-0.2, -0.15) is 0 Å². The van der Waals surface area contributed by atoms with Gasteiger partial charge in [0.1, 0.15) is 5.82 Å². The molecule has 1 aliphatic heterocycles. The molecule has 1 fully saturated rings. The minimum Gasteiger partial charge on any atom is -0.352 e.